The van der Waals surface area contributed by atoms with E-state index < -0.39 is 5.60 Å². The summed E-state index contributed by atoms with van der Waals surface area (Å²) in [7, 11) is 0. The van der Waals surface area contributed by atoms with Gasteiger partial charge in [0.2, 0.25) is 0 Å². The Morgan fingerprint density at radius 1 is 0.825 bits per heavy atom. The fraction of sp³-hybridized carbons (Fsp3) is 0.667. The molecule has 4 fully saturated rings. The van der Waals surface area contributed by atoms with Gasteiger partial charge in [0, 0.05) is 0 Å². The lowest BCUT2D eigenvalue weighted by Crippen LogP contribution is -2.62. The fourth-order valence-electron chi connectivity index (χ4n) is 10.7. The number of fused-ring (bicyclic) bond motifs is 5. The van der Waals surface area contributed by atoms with Crippen molar-refractivity contribution < 1.29 is 20.4 Å². The summed E-state index contributed by atoms with van der Waals surface area (Å²) in [6.45, 7) is 7.04. The molecule has 0 unspecified atom stereocenters. The summed E-state index contributed by atoms with van der Waals surface area (Å²) in [5.74, 6) is 1.90. The Morgan fingerprint density at radius 2 is 1.45 bits per heavy atom. The lowest BCUT2D eigenvalue weighted by Gasteiger charge is -2.63. The van der Waals surface area contributed by atoms with Crippen molar-refractivity contribution in [3.05, 3.63) is 71.8 Å². The highest BCUT2D eigenvalue weighted by molar-refractivity contribution is 5.35. The van der Waals surface area contributed by atoms with Crippen LogP contribution in [-0.2, 0) is 5.60 Å². The average Bonchev–Trinajstić information content (AvgIpc) is 3.32. The van der Waals surface area contributed by atoms with E-state index in [9.17, 15) is 20.4 Å². The maximum atomic E-state index is 12.1. The van der Waals surface area contributed by atoms with E-state index in [0.29, 0.717) is 36.0 Å². The topological polar surface area (TPSA) is 80.9 Å². The average molecular weight is 547 g/mol. The monoisotopic (exact) mass is 546 g/mol. The van der Waals surface area contributed by atoms with Gasteiger partial charge in [0.15, 0.2) is 0 Å². The third-order valence-electron chi connectivity index (χ3n) is 13.0. The number of hydrogen-bond donors (Lipinski definition) is 4. The minimum Gasteiger partial charge on any atom is -0.393 e. The highest BCUT2D eigenvalue weighted by Crippen LogP contribution is 2.68. The molecule has 2 aromatic carbocycles. The van der Waals surface area contributed by atoms with E-state index in [-0.39, 0.29) is 35.1 Å². The second kappa shape index (κ2) is 10.5. The van der Waals surface area contributed by atoms with Gasteiger partial charge in [0.1, 0.15) is 5.60 Å². The van der Waals surface area contributed by atoms with E-state index in [1.807, 2.05) is 60.7 Å². The zero-order chi connectivity index (χ0) is 28.3. The molecule has 4 nitrogen and oxygen atoms in total. The summed E-state index contributed by atoms with van der Waals surface area (Å²) in [5, 5.41) is 46.1. The highest BCUT2D eigenvalue weighted by atomic mass is 16.3. The number of rotatable bonds is 6. The maximum absolute atomic E-state index is 12.1. The molecule has 4 heteroatoms. The van der Waals surface area contributed by atoms with Crippen LogP contribution in [0.25, 0.3) is 0 Å². The SMILES string of the molecule is C[C@@H](CCC(O)(c1ccccc1)c1ccccc1)[C@@H]1CC[C@H]2[C@H]3[C@H](O)C[C@H]4C[C@H](O)CC[C@]4(C)[C@H]3C[C@H](O)[C@@]21C. The first-order valence-corrected chi connectivity index (χ1v) is 16.0. The molecule has 0 bridgehead atoms. The third-order valence-corrected chi connectivity index (χ3v) is 13.0. The van der Waals surface area contributed by atoms with E-state index in [4.69, 9.17) is 0 Å². The first-order chi connectivity index (χ1) is 19.1. The van der Waals surface area contributed by atoms with Gasteiger partial charge in [0.25, 0.3) is 0 Å². The first kappa shape index (κ1) is 28.4. The molecule has 0 heterocycles. The van der Waals surface area contributed by atoms with Gasteiger partial charge in [-0.3, -0.25) is 0 Å². The van der Waals surface area contributed by atoms with Crippen LogP contribution in [0.3, 0.4) is 0 Å². The molecule has 0 saturated heterocycles. The van der Waals surface area contributed by atoms with Crippen molar-refractivity contribution in [1.29, 1.82) is 0 Å². The molecule has 4 saturated carbocycles. The van der Waals surface area contributed by atoms with E-state index >= 15 is 0 Å². The Balaban J connectivity index is 1.24. The van der Waals surface area contributed by atoms with Gasteiger partial charge < -0.3 is 20.4 Å². The van der Waals surface area contributed by atoms with Crippen LogP contribution in [0.4, 0.5) is 0 Å². The summed E-state index contributed by atoms with van der Waals surface area (Å²) >= 11 is 0. The number of benzene rings is 2. The maximum Gasteiger partial charge on any atom is 0.115 e. The quantitative estimate of drug-likeness (QED) is 0.343. The Kier molecular flexibility index (Phi) is 7.47. The molecule has 4 aliphatic rings. The molecular formula is C36H50O4. The molecule has 2 aromatic rings. The van der Waals surface area contributed by atoms with E-state index in [1.54, 1.807) is 0 Å². The Labute approximate surface area is 240 Å². The van der Waals surface area contributed by atoms with Crippen molar-refractivity contribution in [3.8, 4) is 0 Å². The predicted molar refractivity (Wildman–Crippen MR) is 158 cm³/mol. The summed E-state index contributed by atoms with van der Waals surface area (Å²) in [4.78, 5) is 0. The smallest absolute Gasteiger partial charge is 0.115 e. The molecule has 0 aliphatic heterocycles. The summed E-state index contributed by atoms with van der Waals surface area (Å²) in [6.07, 6.45) is 6.85. The van der Waals surface area contributed by atoms with Gasteiger partial charge >= 0.3 is 0 Å². The number of aliphatic hydroxyl groups excluding tert-OH is 3. The molecule has 0 amide bonds. The molecule has 0 spiro atoms. The van der Waals surface area contributed by atoms with Crippen LogP contribution in [-0.4, -0.2) is 38.7 Å². The van der Waals surface area contributed by atoms with Crippen molar-refractivity contribution in [1.82, 2.24) is 0 Å². The summed E-state index contributed by atoms with van der Waals surface area (Å²) in [5.41, 5.74) is 0.666. The molecular weight excluding hydrogens is 496 g/mol. The molecule has 4 N–H and O–H groups in total. The zero-order valence-corrected chi connectivity index (χ0v) is 24.6. The predicted octanol–water partition coefficient (Wildman–Crippen LogP) is 6.30. The van der Waals surface area contributed by atoms with Crippen molar-refractivity contribution in [2.45, 2.75) is 102 Å². The van der Waals surface area contributed by atoms with Crippen molar-refractivity contribution >= 4 is 0 Å². The van der Waals surface area contributed by atoms with E-state index in [2.05, 4.69) is 20.8 Å². The molecule has 11 atom stereocenters. The fourth-order valence-corrected chi connectivity index (χ4v) is 10.7. The number of hydrogen-bond acceptors (Lipinski definition) is 4. The first-order valence-electron chi connectivity index (χ1n) is 16.0. The minimum absolute atomic E-state index is 0.0942. The van der Waals surface area contributed by atoms with Gasteiger partial charge in [0.05, 0.1) is 18.3 Å². The highest BCUT2D eigenvalue weighted by Gasteiger charge is 2.65. The molecule has 6 rings (SSSR count). The largest absolute Gasteiger partial charge is 0.393 e. The van der Waals surface area contributed by atoms with Crippen LogP contribution in [0.2, 0.25) is 0 Å². The van der Waals surface area contributed by atoms with Crippen LogP contribution in [0.15, 0.2) is 60.7 Å². The zero-order valence-electron chi connectivity index (χ0n) is 24.6. The second-order valence-corrected chi connectivity index (χ2v) is 14.6. The van der Waals surface area contributed by atoms with Crippen molar-refractivity contribution in [3.63, 3.8) is 0 Å². The lowest BCUT2D eigenvalue weighted by atomic mass is 9.43. The van der Waals surface area contributed by atoms with Crippen LogP contribution in [0.5, 0.6) is 0 Å². The van der Waals surface area contributed by atoms with Crippen molar-refractivity contribution in [2.75, 3.05) is 0 Å². The van der Waals surface area contributed by atoms with Crippen LogP contribution in [0.1, 0.15) is 89.7 Å². The van der Waals surface area contributed by atoms with Crippen LogP contribution < -0.4 is 0 Å². The number of aliphatic hydroxyl groups is 4. The van der Waals surface area contributed by atoms with Gasteiger partial charge in [-0.05, 0) is 115 Å². The van der Waals surface area contributed by atoms with Crippen LogP contribution in [0, 0.1) is 46.3 Å². The molecule has 218 valence electrons. The van der Waals surface area contributed by atoms with Gasteiger partial charge in [-0.25, -0.2) is 0 Å². The lowest BCUT2D eigenvalue weighted by molar-refractivity contribution is -0.207. The van der Waals surface area contributed by atoms with Crippen molar-refractivity contribution in [2.24, 2.45) is 46.3 Å². The summed E-state index contributed by atoms with van der Waals surface area (Å²) < 4.78 is 0. The molecule has 4 aliphatic carbocycles. The Morgan fingerprint density at radius 3 is 2.08 bits per heavy atom. The second-order valence-electron chi connectivity index (χ2n) is 14.6. The molecule has 40 heavy (non-hydrogen) atoms. The van der Waals surface area contributed by atoms with E-state index in [0.717, 1.165) is 62.5 Å². The normalized spacial score (nSPS) is 42.0. The van der Waals surface area contributed by atoms with Gasteiger partial charge in [-0.2, -0.15) is 0 Å². The van der Waals surface area contributed by atoms with Gasteiger partial charge in [-0.1, -0.05) is 81.4 Å². The molecule has 0 aromatic heterocycles. The van der Waals surface area contributed by atoms with Crippen LogP contribution >= 0.6 is 0 Å². The van der Waals surface area contributed by atoms with Gasteiger partial charge in [-0.15, -0.1) is 0 Å². The molecule has 0 radical (unpaired) electrons. The Bertz CT molecular complexity index is 1110. The summed E-state index contributed by atoms with van der Waals surface area (Å²) in [6, 6.07) is 20.1. The standard InChI is InChI=1S/C36H50O4/c1-23(16-19-36(40,24-10-6-4-7-11-24)25-12-8-5-9-13-25)28-14-15-29-33-30(22-32(39)35(28,29)3)34(2)18-17-27(37)20-26(34)21-31(33)38/h4-13,23,26-33,37-40H,14-22H2,1-3H3/t23-,26+,27+,28-,29-,30-,31+,32-,33+,34-,35+/m0/s1. The minimum atomic E-state index is -1.05. The van der Waals surface area contributed by atoms with E-state index in [1.165, 1.54) is 0 Å². The Hall–Kier alpha value is -1.72. The third kappa shape index (κ3) is 4.40.